The lowest BCUT2D eigenvalue weighted by atomic mass is 9.82. The molecule has 3 heterocycles. The molecule has 0 aliphatic carbocycles. The van der Waals surface area contributed by atoms with Crippen molar-refractivity contribution in [3.05, 3.63) is 11.7 Å². The summed E-state index contributed by atoms with van der Waals surface area (Å²) in [5.41, 5.74) is -0.475. The van der Waals surface area contributed by atoms with E-state index in [-0.39, 0.29) is 11.7 Å². The molecule has 0 radical (unpaired) electrons. The minimum absolute atomic E-state index is 0.111. The van der Waals surface area contributed by atoms with E-state index < -0.39 is 15.4 Å². The van der Waals surface area contributed by atoms with Gasteiger partial charge in [0.2, 0.25) is 15.9 Å². The third-order valence-corrected chi connectivity index (χ3v) is 5.82. The quantitative estimate of drug-likeness (QED) is 0.797. The monoisotopic (exact) mass is 271 g/mol. The number of sulfonamides is 1. The van der Waals surface area contributed by atoms with E-state index in [4.69, 9.17) is 4.52 Å². The average Bonchev–Trinajstić information content (AvgIpc) is 2.83. The van der Waals surface area contributed by atoms with E-state index in [1.165, 1.54) is 0 Å². The van der Waals surface area contributed by atoms with E-state index in [9.17, 15) is 8.42 Å². The van der Waals surface area contributed by atoms with Crippen molar-refractivity contribution in [1.29, 1.82) is 0 Å². The van der Waals surface area contributed by atoms with Crippen LogP contribution in [0, 0.1) is 0 Å². The molecule has 2 aliphatic rings. The number of piperidine rings is 1. The summed E-state index contributed by atoms with van der Waals surface area (Å²) in [6.07, 6.45) is 1.67. The van der Waals surface area contributed by atoms with Crippen molar-refractivity contribution in [2.45, 2.75) is 38.0 Å². The smallest absolute Gasteiger partial charge is 0.235 e. The second-order valence-electron chi connectivity index (χ2n) is 5.59. The van der Waals surface area contributed by atoms with Crippen LogP contribution in [-0.4, -0.2) is 41.7 Å². The Morgan fingerprint density at radius 1 is 1.44 bits per heavy atom. The number of nitrogens with zero attached hydrogens (tertiary/aromatic N) is 3. The van der Waals surface area contributed by atoms with Gasteiger partial charge in [0.15, 0.2) is 5.82 Å². The van der Waals surface area contributed by atoms with E-state index in [1.54, 1.807) is 4.31 Å². The molecule has 2 bridgehead atoms. The van der Waals surface area contributed by atoms with E-state index >= 15 is 0 Å². The summed E-state index contributed by atoms with van der Waals surface area (Å²) < 4.78 is 30.9. The maximum Gasteiger partial charge on any atom is 0.235 e. The highest BCUT2D eigenvalue weighted by molar-refractivity contribution is 7.89. The van der Waals surface area contributed by atoms with Gasteiger partial charge in [-0.2, -0.15) is 4.98 Å². The van der Waals surface area contributed by atoms with Gasteiger partial charge in [0, 0.05) is 19.0 Å². The second kappa shape index (κ2) is 3.77. The Morgan fingerprint density at radius 2 is 2.22 bits per heavy atom. The Kier molecular flexibility index (Phi) is 2.54. The van der Waals surface area contributed by atoms with Gasteiger partial charge < -0.3 is 4.52 Å². The molecule has 1 aromatic rings. The molecular formula is C11H17N3O3S. The van der Waals surface area contributed by atoms with Gasteiger partial charge in [-0.1, -0.05) is 19.0 Å². The maximum atomic E-state index is 12.0. The highest BCUT2D eigenvalue weighted by Crippen LogP contribution is 2.41. The normalized spacial score (nSPS) is 34.1. The summed E-state index contributed by atoms with van der Waals surface area (Å²) in [4.78, 5) is 4.40. The summed E-state index contributed by atoms with van der Waals surface area (Å²) >= 11 is 0. The minimum atomic E-state index is -3.14. The Hall–Kier alpha value is -0.950. The highest BCUT2D eigenvalue weighted by Gasteiger charge is 2.54. The largest absolute Gasteiger partial charge is 0.339 e. The highest BCUT2D eigenvalue weighted by atomic mass is 32.2. The maximum absolute atomic E-state index is 12.0. The molecule has 2 unspecified atom stereocenters. The van der Waals surface area contributed by atoms with Crippen LogP contribution >= 0.6 is 0 Å². The summed E-state index contributed by atoms with van der Waals surface area (Å²) in [6.45, 7) is 5.10. The van der Waals surface area contributed by atoms with Gasteiger partial charge in [-0.3, -0.25) is 0 Å². The first-order valence-corrected chi connectivity index (χ1v) is 7.86. The lowest BCUT2D eigenvalue weighted by molar-refractivity contribution is 0.221. The molecule has 2 aliphatic heterocycles. The van der Waals surface area contributed by atoms with Gasteiger partial charge in [-0.25, -0.2) is 12.7 Å². The lowest BCUT2D eigenvalue weighted by Gasteiger charge is -2.28. The molecule has 0 N–H and O–H groups in total. The fourth-order valence-electron chi connectivity index (χ4n) is 2.81. The number of hydrogen-bond acceptors (Lipinski definition) is 5. The third-order valence-electron chi connectivity index (χ3n) is 3.81. The van der Waals surface area contributed by atoms with Gasteiger partial charge in [0.25, 0.3) is 0 Å². The Morgan fingerprint density at radius 3 is 2.89 bits per heavy atom. The van der Waals surface area contributed by atoms with E-state index in [0.29, 0.717) is 24.8 Å². The lowest BCUT2D eigenvalue weighted by Crippen LogP contribution is -2.38. The van der Waals surface area contributed by atoms with Crippen LogP contribution in [0.1, 0.15) is 44.3 Å². The molecule has 7 heteroatoms. The summed E-state index contributed by atoms with van der Waals surface area (Å²) in [6, 6.07) is 0. The van der Waals surface area contributed by atoms with Crippen molar-refractivity contribution in [2.75, 3.05) is 18.8 Å². The Bertz CT molecular complexity index is 566. The first-order valence-electron chi connectivity index (χ1n) is 6.25. The van der Waals surface area contributed by atoms with Gasteiger partial charge in [0.1, 0.15) is 0 Å². The summed E-state index contributed by atoms with van der Waals surface area (Å²) in [5, 5.41) is 3.95. The standard InChI is InChI=1S/C11H17N3O3S/c1-8(2)9-12-10(17-13-9)11-4-3-5-14(6-11)18(15,16)7-11/h8H,3-7H2,1-2H3. The molecule has 0 saturated carbocycles. The molecule has 0 amide bonds. The van der Waals surface area contributed by atoms with Gasteiger partial charge in [-0.15, -0.1) is 0 Å². The second-order valence-corrected chi connectivity index (χ2v) is 7.55. The van der Waals surface area contributed by atoms with Crippen LogP contribution in [0.2, 0.25) is 0 Å². The van der Waals surface area contributed by atoms with Gasteiger partial charge in [-0.05, 0) is 12.8 Å². The summed E-state index contributed by atoms with van der Waals surface area (Å²) in [5.74, 6) is 1.45. The van der Waals surface area contributed by atoms with Gasteiger partial charge in [0.05, 0.1) is 11.2 Å². The summed E-state index contributed by atoms with van der Waals surface area (Å²) in [7, 11) is -3.14. The average molecular weight is 271 g/mol. The van der Waals surface area contributed by atoms with Crippen LogP contribution in [0.25, 0.3) is 0 Å². The first-order chi connectivity index (χ1) is 8.43. The number of aromatic nitrogens is 2. The topological polar surface area (TPSA) is 76.3 Å². The molecule has 100 valence electrons. The van der Waals surface area contributed by atoms with E-state index in [0.717, 1.165) is 12.8 Å². The molecule has 3 rings (SSSR count). The van der Waals surface area contributed by atoms with Crippen LogP contribution in [-0.2, 0) is 15.4 Å². The van der Waals surface area contributed by atoms with Crippen molar-refractivity contribution >= 4 is 10.0 Å². The van der Waals surface area contributed by atoms with E-state index in [2.05, 4.69) is 10.1 Å². The molecule has 0 spiro atoms. The minimum Gasteiger partial charge on any atom is -0.339 e. The fourth-order valence-corrected chi connectivity index (χ4v) is 4.90. The predicted octanol–water partition coefficient (Wildman–Crippen LogP) is 0.870. The van der Waals surface area contributed by atoms with E-state index in [1.807, 2.05) is 13.8 Å². The zero-order valence-electron chi connectivity index (χ0n) is 10.6. The molecule has 2 fully saturated rings. The van der Waals surface area contributed by atoms with Crippen molar-refractivity contribution < 1.29 is 12.9 Å². The molecule has 6 nitrogen and oxygen atoms in total. The number of fused-ring (bicyclic) bond motifs is 2. The van der Waals surface area contributed by atoms with Crippen molar-refractivity contribution in [3.63, 3.8) is 0 Å². The SMILES string of the molecule is CC(C)c1noc(C23CCCN(C2)S(=O)(=O)C3)n1. The molecule has 2 atom stereocenters. The number of hydrogen-bond donors (Lipinski definition) is 0. The van der Waals surface area contributed by atoms with Crippen molar-refractivity contribution in [3.8, 4) is 0 Å². The van der Waals surface area contributed by atoms with Crippen molar-refractivity contribution in [2.24, 2.45) is 0 Å². The molecule has 0 aromatic carbocycles. The van der Waals surface area contributed by atoms with Gasteiger partial charge >= 0.3 is 0 Å². The van der Waals surface area contributed by atoms with Crippen LogP contribution in [0.4, 0.5) is 0 Å². The first kappa shape index (κ1) is 12.1. The zero-order chi connectivity index (χ0) is 13.0. The third kappa shape index (κ3) is 1.68. The van der Waals surface area contributed by atoms with Crippen LogP contribution in [0.3, 0.4) is 0 Å². The molecule has 1 aromatic heterocycles. The van der Waals surface area contributed by atoms with Crippen LogP contribution in [0.15, 0.2) is 4.52 Å². The van der Waals surface area contributed by atoms with Crippen LogP contribution < -0.4 is 0 Å². The zero-order valence-corrected chi connectivity index (χ0v) is 11.4. The van der Waals surface area contributed by atoms with Crippen LogP contribution in [0.5, 0.6) is 0 Å². The molecular weight excluding hydrogens is 254 g/mol. The Balaban J connectivity index is 2.00. The molecule has 2 saturated heterocycles. The van der Waals surface area contributed by atoms with Crippen molar-refractivity contribution in [1.82, 2.24) is 14.4 Å². The number of rotatable bonds is 2. The Labute approximate surface area is 106 Å². The fraction of sp³-hybridized carbons (Fsp3) is 0.818. The predicted molar refractivity (Wildman–Crippen MR) is 64.7 cm³/mol. The molecule has 18 heavy (non-hydrogen) atoms.